The van der Waals surface area contributed by atoms with Crippen molar-refractivity contribution in [2.24, 2.45) is 17.7 Å². The van der Waals surface area contributed by atoms with E-state index in [9.17, 15) is 0 Å². The number of nitrogens with two attached hydrogens (primary N) is 1. The molecule has 0 aromatic carbocycles. The fourth-order valence-electron chi connectivity index (χ4n) is 3.54. The Morgan fingerprint density at radius 2 is 2.14 bits per heavy atom. The van der Waals surface area contributed by atoms with Crippen LogP contribution in [-0.2, 0) is 6.42 Å². The zero-order valence-corrected chi connectivity index (χ0v) is 13.8. The second-order valence-electron chi connectivity index (χ2n) is 6.37. The van der Waals surface area contributed by atoms with E-state index in [1.54, 1.807) is 12.4 Å². The van der Waals surface area contributed by atoms with Crippen LogP contribution in [0.5, 0.6) is 0 Å². The molecule has 4 heteroatoms. The Hall–Kier alpha value is -0.640. The standard InChI is InChI=1S/C17H28ClN3/c1-2-3-4-13-5-7-14(8-6-13)17(21-19)11-15-9-10-20-12-16(15)18/h9-10,12-14,17,21H,2-8,11,19H2,1H3. The van der Waals surface area contributed by atoms with E-state index in [-0.39, 0.29) is 0 Å². The van der Waals surface area contributed by atoms with Crippen molar-refractivity contribution in [2.75, 3.05) is 0 Å². The van der Waals surface area contributed by atoms with Gasteiger partial charge in [-0.3, -0.25) is 16.3 Å². The molecule has 0 spiro atoms. The van der Waals surface area contributed by atoms with Gasteiger partial charge in [-0.15, -0.1) is 0 Å². The Labute approximate surface area is 133 Å². The minimum atomic E-state index is 0.317. The van der Waals surface area contributed by atoms with Crippen LogP contribution in [0.2, 0.25) is 5.02 Å². The van der Waals surface area contributed by atoms with E-state index in [2.05, 4.69) is 17.3 Å². The summed E-state index contributed by atoms with van der Waals surface area (Å²) < 4.78 is 0. The van der Waals surface area contributed by atoms with Crippen LogP contribution < -0.4 is 11.3 Å². The van der Waals surface area contributed by atoms with Crippen molar-refractivity contribution in [3.05, 3.63) is 29.0 Å². The van der Waals surface area contributed by atoms with Crippen LogP contribution in [0.15, 0.2) is 18.5 Å². The van der Waals surface area contributed by atoms with E-state index in [0.717, 1.165) is 22.9 Å². The number of nitrogens with one attached hydrogen (secondary N) is 1. The van der Waals surface area contributed by atoms with Gasteiger partial charge in [0.2, 0.25) is 0 Å². The average Bonchev–Trinajstić information content (AvgIpc) is 2.53. The van der Waals surface area contributed by atoms with Crippen LogP contribution in [0.3, 0.4) is 0 Å². The molecule has 3 N–H and O–H groups in total. The zero-order chi connectivity index (χ0) is 15.1. The molecule has 21 heavy (non-hydrogen) atoms. The van der Waals surface area contributed by atoms with E-state index in [0.29, 0.717) is 12.0 Å². The number of unbranched alkanes of at least 4 members (excludes halogenated alkanes) is 1. The topological polar surface area (TPSA) is 50.9 Å². The summed E-state index contributed by atoms with van der Waals surface area (Å²) in [6.45, 7) is 2.28. The van der Waals surface area contributed by atoms with Gasteiger partial charge >= 0.3 is 0 Å². The van der Waals surface area contributed by atoms with Crippen molar-refractivity contribution >= 4 is 11.6 Å². The van der Waals surface area contributed by atoms with Crippen LogP contribution >= 0.6 is 11.6 Å². The molecule has 1 heterocycles. The molecule has 1 aromatic rings. The van der Waals surface area contributed by atoms with Gasteiger partial charge in [0.1, 0.15) is 0 Å². The van der Waals surface area contributed by atoms with Crippen LogP contribution in [-0.4, -0.2) is 11.0 Å². The SMILES string of the molecule is CCCCC1CCC(C(Cc2ccncc2Cl)NN)CC1. The summed E-state index contributed by atoms with van der Waals surface area (Å²) in [7, 11) is 0. The molecule has 0 amide bonds. The van der Waals surface area contributed by atoms with E-state index < -0.39 is 0 Å². The highest BCUT2D eigenvalue weighted by Gasteiger charge is 2.27. The number of halogens is 1. The van der Waals surface area contributed by atoms with Crippen LogP contribution in [0, 0.1) is 11.8 Å². The second kappa shape index (κ2) is 8.72. The maximum Gasteiger partial charge on any atom is 0.0621 e. The highest BCUT2D eigenvalue weighted by Crippen LogP contribution is 2.34. The Bertz CT molecular complexity index is 416. The Balaban J connectivity index is 1.86. The van der Waals surface area contributed by atoms with Crippen molar-refractivity contribution < 1.29 is 0 Å². The average molecular weight is 310 g/mol. The first-order valence-corrected chi connectivity index (χ1v) is 8.66. The Kier molecular flexibility index (Phi) is 6.94. The second-order valence-corrected chi connectivity index (χ2v) is 6.77. The quantitative estimate of drug-likeness (QED) is 0.589. The number of hydrazine groups is 1. The predicted octanol–water partition coefficient (Wildman–Crippen LogP) is 4.11. The van der Waals surface area contributed by atoms with E-state index in [1.807, 2.05) is 6.07 Å². The minimum absolute atomic E-state index is 0.317. The number of pyridine rings is 1. The summed E-state index contributed by atoms with van der Waals surface area (Å²) in [5, 5.41) is 0.745. The molecule has 1 unspecified atom stereocenters. The minimum Gasteiger partial charge on any atom is -0.271 e. The molecule has 118 valence electrons. The number of nitrogens with zero attached hydrogens (tertiary/aromatic N) is 1. The lowest BCUT2D eigenvalue weighted by Gasteiger charge is -2.34. The van der Waals surface area contributed by atoms with Gasteiger partial charge in [0.25, 0.3) is 0 Å². The highest BCUT2D eigenvalue weighted by molar-refractivity contribution is 6.31. The Morgan fingerprint density at radius 3 is 2.76 bits per heavy atom. The maximum atomic E-state index is 6.21. The first kappa shape index (κ1) is 16.7. The Morgan fingerprint density at radius 1 is 1.38 bits per heavy atom. The van der Waals surface area contributed by atoms with Gasteiger partial charge in [-0.05, 0) is 42.7 Å². The molecular weight excluding hydrogens is 282 g/mol. The zero-order valence-electron chi connectivity index (χ0n) is 13.0. The third-order valence-electron chi connectivity index (χ3n) is 4.94. The first-order valence-electron chi connectivity index (χ1n) is 8.29. The largest absolute Gasteiger partial charge is 0.271 e. The molecule has 0 radical (unpaired) electrons. The van der Waals surface area contributed by atoms with Gasteiger partial charge in [0, 0.05) is 18.4 Å². The molecule has 0 bridgehead atoms. The van der Waals surface area contributed by atoms with Crippen molar-refractivity contribution in [2.45, 2.75) is 64.3 Å². The van der Waals surface area contributed by atoms with Crippen LogP contribution in [0.4, 0.5) is 0 Å². The van der Waals surface area contributed by atoms with Crippen molar-refractivity contribution in [1.29, 1.82) is 0 Å². The monoisotopic (exact) mass is 309 g/mol. The van der Waals surface area contributed by atoms with Gasteiger partial charge in [-0.2, -0.15) is 0 Å². The van der Waals surface area contributed by atoms with E-state index >= 15 is 0 Å². The molecule has 1 aromatic heterocycles. The molecule has 2 rings (SSSR count). The molecule has 0 aliphatic heterocycles. The molecule has 1 aliphatic rings. The predicted molar refractivity (Wildman–Crippen MR) is 89.0 cm³/mol. The third kappa shape index (κ3) is 4.94. The van der Waals surface area contributed by atoms with Gasteiger partial charge in [-0.25, -0.2) is 0 Å². The van der Waals surface area contributed by atoms with E-state index in [1.165, 1.54) is 44.9 Å². The molecule has 3 nitrogen and oxygen atoms in total. The van der Waals surface area contributed by atoms with Crippen molar-refractivity contribution in [3.8, 4) is 0 Å². The fourth-order valence-corrected chi connectivity index (χ4v) is 3.74. The molecule has 1 fully saturated rings. The van der Waals surface area contributed by atoms with Gasteiger partial charge < -0.3 is 0 Å². The smallest absolute Gasteiger partial charge is 0.0621 e. The normalized spacial score (nSPS) is 24.0. The van der Waals surface area contributed by atoms with Crippen molar-refractivity contribution in [3.63, 3.8) is 0 Å². The molecule has 0 saturated heterocycles. The summed E-state index contributed by atoms with van der Waals surface area (Å²) in [6, 6.07) is 2.32. The lowest BCUT2D eigenvalue weighted by atomic mass is 9.76. The lowest BCUT2D eigenvalue weighted by Crippen LogP contribution is -2.43. The molecular formula is C17H28ClN3. The molecule has 1 aliphatic carbocycles. The van der Waals surface area contributed by atoms with Gasteiger partial charge in [-0.1, -0.05) is 50.6 Å². The lowest BCUT2D eigenvalue weighted by molar-refractivity contribution is 0.211. The van der Waals surface area contributed by atoms with E-state index in [4.69, 9.17) is 17.4 Å². The number of rotatable bonds is 7. The summed E-state index contributed by atoms with van der Waals surface area (Å²) in [5.41, 5.74) is 4.17. The first-order chi connectivity index (χ1) is 10.2. The summed E-state index contributed by atoms with van der Waals surface area (Å²) >= 11 is 6.21. The summed E-state index contributed by atoms with van der Waals surface area (Å²) in [6.07, 6.45) is 13.8. The number of hydrogen-bond donors (Lipinski definition) is 2. The van der Waals surface area contributed by atoms with Gasteiger partial charge in [0.15, 0.2) is 0 Å². The number of hydrogen-bond acceptors (Lipinski definition) is 3. The fraction of sp³-hybridized carbons (Fsp3) is 0.706. The number of aromatic nitrogens is 1. The summed E-state index contributed by atoms with van der Waals surface area (Å²) in [4.78, 5) is 4.05. The third-order valence-corrected chi connectivity index (χ3v) is 5.28. The van der Waals surface area contributed by atoms with Crippen molar-refractivity contribution in [1.82, 2.24) is 10.4 Å². The molecule has 1 saturated carbocycles. The van der Waals surface area contributed by atoms with Crippen LogP contribution in [0.1, 0.15) is 57.4 Å². The highest BCUT2D eigenvalue weighted by atomic mass is 35.5. The maximum absolute atomic E-state index is 6.21. The summed E-state index contributed by atoms with van der Waals surface area (Å²) in [5.74, 6) is 7.41. The van der Waals surface area contributed by atoms with Gasteiger partial charge in [0.05, 0.1) is 5.02 Å². The molecule has 1 atom stereocenters. The van der Waals surface area contributed by atoms with Crippen LogP contribution in [0.25, 0.3) is 0 Å².